The molecule has 100 valence electrons. The van der Waals surface area contributed by atoms with E-state index in [0.717, 1.165) is 32.2 Å². The van der Waals surface area contributed by atoms with Crippen molar-refractivity contribution in [2.75, 3.05) is 11.9 Å². The van der Waals surface area contributed by atoms with Crippen LogP contribution in [-0.2, 0) is 11.8 Å². The van der Waals surface area contributed by atoms with Gasteiger partial charge in [-0.1, -0.05) is 18.2 Å². The van der Waals surface area contributed by atoms with Crippen LogP contribution in [-0.4, -0.2) is 16.9 Å². The molecule has 1 fully saturated rings. The Morgan fingerprint density at radius 2 is 2.00 bits per heavy atom. The molecule has 1 aliphatic rings. The smallest absolute Gasteiger partial charge is 0.132 e. The standard InChI is InChI=1S/C16H20N2O/c1-18-11-15(14-4-2-3-5-16(14)18)17-10-12-6-8-13(19)9-7-12/h2-5,11-12,17H,6-10H2,1H3. The molecule has 0 saturated heterocycles. The van der Waals surface area contributed by atoms with Gasteiger partial charge in [-0.2, -0.15) is 0 Å². The zero-order valence-electron chi connectivity index (χ0n) is 11.4. The van der Waals surface area contributed by atoms with Gasteiger partial charge >= 0.3 is 0 Å². The summed E-state index contributed by atoms with van der Waals surface area (Å²) in [5.74, 6) is 1.07. The van der Waals surface area contributed by atoms with Gasteiger partial charge in [0.05, 0.1) is 5.69 Å². The van der Waals surface area contributed by atoms with Crippen LogP contribution in [0.1, 0.15) is 25.7 Å². The van der Waals surface area contributed by atoms with Crippen LogP contribution >= 0.6 is 0 Å². The maximum absolute atomic E-state index is 11.2. The van der Waals surface area contributed by atoms with Crippen molar-refractivity contribution < 1.29 is 4.79 Å². The Morgan fingerprint density at radius 3 is 2.79 bits per heavy atom. The van der Waals surface area contributed by atoms with E-state index < -0.39 is 0 Å². The second-order valence-electron chi connectivity index (χ2n) is 5.53. The molecule has 0 radical (unpaired) electrons. The maximum Gasteiger partial charge on any atom is 0.132 e. The SMILES string of the molecule is Cn1cc(NCC2CCC(=O)CC2)c2ccccc21. The molecule has 0 spiro atoms. The summed E-state index contributed by atoms with van der Waals surface area (Å²) in [6.07, 6.45) is 5.76. The molecule has 3 heteroatoms. The third-order valence-electron chi connectivity index (χ3n) is 4.14. The number of aryl methyl sites for hydroxylation is 1. The Kier molecular flexibility index (Phi) is 3.28. The zero-order valence-corrected chi connectivity index (χ0v) is 11.4. The van der Waals surface area contributed by atoms with Crippen molar-refractivity contribution >= 4 is 22.4 Å². The lowest BCUT2D eigenvalue weighted by Gasteiger charge is -2.21. The molecule has 0 bridgehead atoms. The lowest BCUT2D eigenvalue weighted by Crippen LogP contribution is -2.20. The minimum atomic E-state index is 0.432. The van der Waals surface area contributed by atoms with Gasteiger partial charge in [0, 0.05) is 43.5 Å². The predicted octanol–water partition coefficient (Wildman–Crippen LogP) is 3.35. The minimum Gasteiger partial charge on any atom is -0.383 e. The number of nitrogens with one attached hydrogen (secondary N) is 1. The molecule has 3 nitrogen and oxygen atoms in total. The summed E-state index contributed by atoms with van der Waals surface area (Å²) in [6, 6.07) is 8.44. The lowest BCUT2D eigenvalue weighted by molar-refractivity contribution is -0.120. The summed E-state index contributed by atoms with van der Waals surface area (Å²) in [5.41, 5.74) is 2.46. The van der Waals surface area contributed by atoms with Crippen molar-refractivity contribution in [1.29, 1.82) is 0 Å². The van der Waals surface area contributed by atoms with E-state index in [-0.39, 0.29) is 0 Å². The number of Topliss-reactive ketones (excluding diaryl/α,β-unsaturated/α-hetero) is 1. The summed E-state index contributed by atoms with van der Waals surface area (Å²) in [4.78, 5) is 11.2. The normalized spacial score (nSPS) is 17.0. The quantitative estimate of drug-likeness (QED) is 0.913. The zero-order chi connectivity index (χ0) is 13.2. The van der Waals surface area contributed by atoms with Crippen molar-refractivity contribution in [2.45, 2.75) is 25.7 Å². The fourth-order valence-electron chi connectivity index (χ4n) is 2.94. The Bertz CT molecular complexity index is 590. The summed E-state index contributed by atoms with van der Waals surface area (Å²) < 4.78 is 2.15. The molecule has 19 heavy (non-hydrogen) atoms. The van der Waals surface area contributed by atoms with Crippen LogP contribution in [0.4, 0.5) is 5.69 Å². The topological polar surface area (TPSA) is 34.0 Å². The highest BCUT2D eigenvalue weighted by atomic mass is 16.1. The molecule has 0 amide bonds. The Labute approximate surface area is 113 Å². The number of aromatic nitrogens is 1. The van der Waals surface area contributed by atoms with Gasteiger partial charge in [-0.15, -0.1) is 0 Å². The number of fused-ring (bicyclic) bond motifs is 1. The number of benzene rings is 1. The summed E-state index contributed by atoms with van der Waals surface area (Å²) in [7, 11) is 2.08. The van der Waals surface area contributed by atoms with Crippen LogP contribution in [0.25, 0.3) is 10.9 Å². The van der Waals surface area contributed by atoms with Crippen LogP contribution in [0.15, 0.2) is 30.5 Å². The van der Waals surface area contributed by atoms with Crippen LogP contribution in [0.3, 0.4) is 0 Å². The molecular formula is C16H20N2O. The molecule has 1 saturated carbocycles. The number of carbonyl (C=O) groups excluding carboxylic acids is 1. The molecule has 0 atom stereocenters. The maximum atomic E-state index is 11.2. The van der Waals surface area contributed by atoms with Gasteiger partial charge < -0.3 is 9.88 Å². The number of para-hydroxylation sites is 1. The molecule has 2 aromatic rings. The number of anilines is 1. The number of ketones is 1. The monoisotopic (exact) mass is 256 g/mol. The van der Waals surface area contributed by atoms with Crippen molar-refractivity contribution in [1.82, 2.24) is 4.57 Å². The van der Waals surface area contributed by atoms with E-state index in [0.29, 0.717) is 11.7 Å². The fraction of sp³-hybridized carbons (Fsp3) is 0.438. The first-order valence-corrected chi connectivity index (χ1v) is 7.03. The van der Waals surface area contributed by atoms with E-state index in [2.05, 4.69) is 47.4 Å². The van der Waals surface area contributed by atoms with Gasteiger partial charge in [-0.3, -0.25) is 4.79 Å². The minimum absolute atomic E-state index is 0.432. The number of carbonyl (C=O) groups is 1. The average Bonchev–Trinajstić information content (AvgIpc) is 2.76. The van der Waals surface area contributed by atoms with Gasteiger partial charge in [0.25, 0.3) is 0 Å². The van der Waals surface area contributed by atoms with E-state index in [9.17, 15) is 4.79 Å². The van der Waals surface area contributed by atoms with Crippen LogP contribution in [0.2, 0.25) is 0 Å². The Morgan fingerprint density at radius 1 is 1.26 bits per heavy atom. The predicted molar refractivity (Wildman–Crippen MR) is 78.4 cm³/mol. The fourth-order valence-corrected chi connectivity index (χ4v) is 2.94. The highest BCUT2D eigenvalue weighted by Gasteiger charge is 2.18. The van der Waals surface area contributed by atoms with E-state index in [4.69, 9.17) is 0 Å². The van der Waals surface area contributed by atoms with Gasteiger partial charge in [0.1, 0.15) is 5.78 Å². The average molecular weight is 256 g/mol. The highest BCUT2D eigenvalue weighted by Crippen LogP contribution is 2.27. The molecule has 0 unspecified atom stereocenters. The highest BCUT2D eigenvalue weighted by molar-refractivity contribution is 5.92. The van der Waals surface area contributed by atoms with Crippen molar-refractivity contribution in [3.05, 3.63) is 30.5 Å². The van der Waals surface area contributed by atoms with E-state index in [1.807, 2.05) is 0 Å². The molecule has 1 aliphatic carbocycles. The molecule has 3 rings (SSSR count). The Balaban J connectivity index is 1.70. The largest absolute Gasteiger partial charge is 0.383 e. The number of nitrogens with zero attached hydrogens (tertiary/aromatic N) is 1. The summed E-state index contributed by atoms with van der Waals surface area (Å²) >= 11 is 0. The van der Waals surface area contributed by atoms with E-state index >= 15 is 0 Å². The molecule has 1 heterocycles. The molecule has 1 N–H and O–H groups in total. The van der Waals surface area contributed by atoms with Gasteiger partial charge in [-0.05, 0) is 24.8 Å². The van der Waals surface area contributed by atoms with Crippen molar-refractivity contribution in [3.8, 4) is 0 Å². The second kappa shape index (κ2) is 5.08. The van der Waals surface area contributed by atoms with Crippen LogP contribution in [0, 0.1) is 5.92 Å². The van der Waals surface area contributed by atoms with Crippen LogP contribution in [0.5, 0.6) is 0 Å². The van der Waals surface area contributed by atoms with Crippen LogP contribution < -0.4 is 5.32 Å². The van der Waals surface area contributed by atoms with E-state index in [1.165, 1.54) is 16.6 Å². The van der Waals surface area contributed by atoms with Gasteiger partial charge in [0.15, 0.2) is 0 Å². The Hall–Kier alpha value is -1.77. The third-order valence-corrected chi connectivity index (χ3v) is 4.14. The van der Waals surface area contributed by atoms with Crippen molar-refractivity contribution in [3.63, 3.8) is 0 Å². The molecule has 1 aromatic carbocycles. The molecule has 0 aliphatic heterocycles. The van der Waals surface area contributed by atoms with Gasteiger partial charge in [0.2, 0.25) is 0 Å². The first-order valence-electron chi connectivity index (χ1n) is 7.03. The number of hydrogen-bond donors (Lipinski definition) is 1. The van der Waals surface area contributed by atoms with Crippen molar-refractivity contribution in [2.24, 2.45) is 13.0 Å². The summed E-state index contributed by atoms with van der Waals surface area (Å²) in [6.45, 7) is 0.973. The first kappa shape index (κ1) is 12.3. The molecular weight excluding hydrogens is 236 g/mol. The molecule has 1 aromatic heterocycles. The third kappa shape index (κ3) is 2.50. The van der Waals surface area contributed by atoms with Gasteiger partial charge in [-0.25, -0.2) is 0 Å². The summed E-state index contributed by atoms with van der Waals surface area (Å²) in [5, 5.41) is 4.84. The number of rotatable bonds is 3. The van der Waals surface area contributed by atoms with E-state index in [1.54, 1.807) is 0 Å². The lowest BCUT2D eigenvalue weighted by atomic mass is 9.88. The number of hydrogen-bond acceptors (Lipinski definition) is 2. The second-order valence-corrected chi connectivity index (χ2v) is 5.53. The first-order chi connectivity index (χ1) is 9.24.